The summed E-state index contributed by atoms with van der Waals surface area (Å²) >= 11 is 0. The van der Waals surface area contributed by atoms with E-state index in [1.54, 1.807) is 26.4 Å². The van der Waals surface area contributed by atoms with Crippen molar-refractivity contribution in [1.29, 1.82) is 0 Å². The Labute approximate surface area is 174 Å². The van der Waals surface area contributed by atoms with E-state index in [2.05, 4.69) is 16.4 Å². The highest BCUT2D eigenvalue weighted by Gasteiger charge is 2.24. The van der Waals surface area contributed by atoms with E-state index in [-0.39, 0.29) is 11.8 Å². The van der Waals surface area contributed by atoms with Crippen LogP contribution in [0.3, 0.4) is 0 Å². The van der Waals surface area contributed by atoms with Gasteiger partial charge in [-0.3, -0.25) is 4.79 Å². The predicted octanol–water partition coefficient (Wildman–Crippen LogP) is 4.65. The molecule has 0 saturated carbocycles. The number of aromatic nitrogens is 1. The van der Waals surface area contributed by atoms with Crippen LogP contribution in [-0.2, 0) is 0 Å². The lowest BCUT2D eigenvalue weighted by molar-refractivity contribution is 0.0923. The molecule has 1 atom stereocenters. The fraction of sp³-hybridized carbons (Fsp3) is 0.208. The number of amides is 1. The summed E-state index contributed by atoms with van der Waals surface area (Å²) in [4.78, 5) is 16.0. The Balaban J connectivity index is 1.75. The van der Waals surface area contributed by atoms with Gasteiger partial charge < -0.3 is 24.2 Å². The molecule has 0 fully saturated rings. The van der Waals surface area contributed by atoms with Gasteiger partial charge in [0.15, 0.2) is 17.3 Å². The van der Waals surface area contributed by atoms with E-state index in [0.717, 1.165) is 22.0 Å². The number of carbonyl (C=O) groups excluding carboxylic acids is 1. The molecule has 4 aromatic rings. The predicted molar refractivity (Wildman–Crippen MR) is 115 cm³/mol. The van der Waals surface area contributed by atoms with Crippen LogP contribution >= 0.6 is 0 Å². The monoisotopic (exact) mass is 404 g/mol. The van der Waals surface area contributed by atoms with Crippen molar-refractivity contribution in [3.05, 3.63) is 83.4 Å². The van der Waals surface area contributed by atoms with Crippen molar-refractivity contribution >= 4 is 16.8 Å². The summed E-state index contributed by atoms with van der Waals surface area (Å²) in [6.45, 7) is 2.18. The molecule has 0 saturated heterocycles. The van der Waals surface area contributed by atoms with Crippen LogP contribution in [0.2, 0.25) is 0 Å². The Hall–Kier alpha value is -3.67. The number of rotatable bonds is 7. The summed E-state index contributed by atoms with van der Waals surface area (Å²) in [6.07, 6.45) is 1.98. The molecule has 0 bridgehead atoms. The number of aromatic amines is 1. The molecule has 0 aliphatic heterocycles. The van der Waals surface area contributed by atoms with Crippen molar-refractivity contribution in [3.63, 3.8) is 0 Å². The Morgan fingerprint density at radius 1 is 1.03 bits per heavy atom. The first-order chi connectivity index (χ1) is 14.6. The normalized spacial score (nSPS) is 12.0. The topological polar surface area (TPSA) is 76.5 Å². The van der Waals surface area contributed by atoms with Crippen molar-refractivity contribution < 1.29 is 18.7 Å². The molecule has 30 heavy (non-hydrogen) atoms. The average molecular weight is 404 g/mol. The Morgan fingerprint density at radius 2 is 1.87 bits per heavy atom. The maximum absolute atomic E-state index is 12.6. The largest absolute Gasteiger partial charge is 0.493 e. The van der Waals surface area contributed by atoms with E-state index in [1.807, 2.05) is 49.5 Å². The number of benzene rings is 2. The van der Waals surface area contributed by atoms with Crippen LogP contribution in [0, 0.1) is 6.92 Å². The molecule has 2 aromatic heterocycles. The third-order valence-electron chi connectivity index (χ3n) is 5.24. The Bertz CT molecular complexity index is 1170. The summed E-state index contributed by atoms with van der Waals surface area (Å²) < 4.78 is 16.6. The second-order valence-corrected chi connectivity index (χ2v) is 7.05. The van der Waals surface area contributed by atoms with Gasteiger partial charge >= 0.3 is 0 Å². The summed E-state index contributed by atoms with van der Waals surface area (Å²) in [5.41, 5.74) is 3.03. The van der Waals surface area contributed by atoms with Crippen molar-refractivity contribution in [2.75, 3.05) is 20.8 Å². The minimum absolute atomic E-state index is 0.161. The van der Waals surface area contributed by atoms with Gasteiger partial charge in [0.05, 0.1) is 14.2 Å². The third-order valence-corrected chi connectivity index (χ3v) is 5.24. The summed E-state index contributed by atoms with van der Waals surface area (Å²) in [5, 5.41) is 4.10. The average Bonchev–Trinajstić information content (AvgIpc) is 3.40. The molecule has 1 unspecified atom stereocenters. The number of H-pyrrole nitrogens is 1. The number of furan rings is 1. The van der Waals surface area contributed by atoms with Crippen LogP contribution < -0.4 is 14.8 Å². The first-order valence-electron chi connectivity index (χ1n) is 9.74. The van der Waals surface area contributed by atoms with Crippen LogP contribution in [0.4, 0.5) is 0 Å². The molecule has 0 aliphatic rings. The van der Waals surface area contributed by atoms with E-state index in [9.17, 15) is 4.79 Å². The number of fused-ring (bicyclic) bond motifs is 1. The molecular formula is C24H24N2O4. The SMILES string of the molecule is COc1cccc(C(CNC(=O)c2ccc(C)o2)c2c[nH]c3ccccc23)c1OC. The van der Waals surface area contributed by atoms with Crippen LogP contribution in [0.25, 0.3) is 10.9 Å². The zero-order valence-corrected chi connectivity index (χ0v) is 17.2. The summed E-state index contributed by atoms with van der Waals surface area (Å²) in [5.74, 6) is 1.87. The number of hydrogen-bond donors (Lipinski definition) is 2. The Morgan fingerprint density at radius 3 is 2.60 bits per heavy atom. The molecule has 0 spiro atoms. The molecular weight excluding hydrogens is 380 g/mol. The van der Waals surface area contributed by atoms with Crippen molar-refractivity contribution in [3.8, 4) is 11.5 Å². The number of methoxy groups -OCH3 is 2. The van der Waals surface area contributed by atoms with Gasteiger partial charge in [-0.15, -0.1) is 0 Å². The number of ether oxygens (including phenoxy) is 2. The summed E-state index contributed by atoms with van der Waals surface area (Å²) in [6, 6.07) is 17.3. The number of hydrogen-bond acceptors (Lipinski definition) is 4. The molecule has 1 amide bonds. The third kappa shape index (κ3) is 3.64. The highest BCUT2D eigenvalue weighted by atomic mass is 16.5. The van der Waals surface area contributed by atoms with E-state index >= 15 is 0 Å². The fourth-order valence-electron chi connectivity index (χ4n) is 3.79. The van der Waals surface area contributed by atoms with E-state index in [4.69, 9.17) is 13.9 Å². The molecule has 6 heteroatoms. The zero-order chi connectivity index (χ0) is 21.1. The van der Waals surface area contributed by atoms with Gasteiger partial charge in [-0.25, -0.2) is 0 Å². The smallest absolute Gasteiger partial charge is 0.287 e. The molecule has 0 radical (unpaired) electrons. The lowest BCUT2D eigenvalue weighted by Crippen LogP contribution is -2.28. The summed E-state index contributed by atoms with van der Waals surface area (Å²) in [7, 11) is 3.24. The number of carbonyl (C=O) groups is 1. The maximum atomic E-state index is 12.6. The van der Waals surface area contributed by atoms with Crippen molar-refractivity contribution in [2.24, 2.45) is 0 Å². The Kier molecular flexibility index (Phi) is 5.48. The standard InChI is InChI=1S/C24H24N2O4/c1-15-11-12-22(30-15)24(27)26-14-19(17-8-6-10-21(28-2)23(17)29-3)18-13-25-20-9-5-4-7-16(18)20/h4-13,19,25H,14H2,1-3H3,(H,26,27). The molecule has 2 aromatic carbocycles. The minimum Gasteiger partial charge on any atom is -0.493 e. The fourth-order valence-corrected chi connectivity index (χ4v) is 3.79. The van der Waals surface area contributed by atoms with Crippen molar-refractivity contribution in [2.45, 2.75) is 12.8 Å². The first kappa shape index (κ1) is 19.6. The number of nitrogens with one attached hydrogen (secondary N) is 2. The zero-order valence-electron chi connectivity index (χ0n) is 17.2. The van der Waals surface area contributed by atoms with Crippen LogP contribution in [-0.4, -0.2) is 31.7 Å². The molecule has 4 rings (SSSR count). The van der Waals surface area contributed by atoms with Gasteiger partial charge in [0.2, 0.25) is 0 Å². The van der Waals surface area contributed by atoms with Crippen LogP contribution in [0.5, 0.6) is 11.5 Å². The highest BCUT2D eigenvalue weighted by molar-refractivity contribution is 5.91. The number of aryl methyl sites for hydroxylation is 1. The van der Waals surface area contributed by atoms with E-state index < -0.39 is 0 Å². The second-order valence-electron chi connectivity index (χ2n) is 7.05. The highest BCUT2D eigenvalue weighted by Crippen LogP contribution is 2.40. The second kappa shape index (κ2) is 8.37. The van der Waals surface area contributed by atoms with E-state index in [1.165, 1.54) is 0 Å². The van der Waals surface area contributed by atoms with E-state index in [0.29, 0.717) is 29.6 Å². The van der Waals surface area contributed by atoms with Gasteiger partial charge in [-0.2, -0.15) is 0 Å². The van der Waals surface area contributed by atoms with Gasteiger partial charge in [-0.1, -0.05) is 30.3 Å². The lowest BCUT2D eigenvalue weighted by atomic mass is 9.89. The van der Waals surface area contributed by atoms with Crippen LogP contribution in [0.15, 0.2) is 65.2 Å². The quantitative estimate of drug-likeness (QED) is 0.470. The van der Waals surface area contributed by atoms with Gasteiger partial charge in [-0.05, 0) is 36.8 Å². The number of para-hydroxylation sites is 2. The van der Waals surface area contributed by atoms with Crippen LogP contribution in [0.1, 0.15) is 33.4 Å². The maximum Gasteiger partial charge on any atom is 0.287 e. The molecule has 0 aliphatic carbocycles. The molecule has 154 valence electrons. The van der Waals surface area contributed by atoms with Gasteiger partial charge in [0.1, 0.15) is 5.76 Å². The van der Waals surface area contributed by atoms with Gasteiger partial charge in [0, 0.05) is 35.1 Å². The lowest BCUT2D eigenvalue weighted by Gasteiger charge is -2.21. The van der Waals surface area contributed by atoms with Gasteiger partial charge in [0.25, 0.3) is 5.91 Å². The first-order valence-corrected chi connectivity index (χ1v) is 9.74. The van der Waals surface area contributed by atoms with Crippen molar-refractivity contribution in [1.82, 2.24) is 10.3 Å². The molecule has 2 N–H and O–H groups in total. The molecule has 6 nitrogen and oxygen atoms in total. The molecule has 2 heterocycles. The minimum atomic E-state index is -0.255.